The lowest BCUT2D eigenvalue weighted by molar-refractivity contribution is -0.136. The van der Waals surface area contributed by atoms with Gasteiger partial charge in [0.15, 0.2) is 0 Å². The number of nitrogens with one attached hydrogen (secondary N) is 2. The summed E-state index contributed by atoms with van der Waals surface area (Å²) in [4.78, 5) is 38.6. The Morgan fingerprint density at radius 1 is 1.40 bits per heavy atom. The van der Waals surface area contributed by atoms with Gasteiger partial charge in [-0.1, -0.05) is 35.7 Å². The summed E-state index contributed by atoms with van der Waals surface area (Å²) in [7, 11) is 0. The van der Waals surface area contributed by atoms with E-state index in [9.17, 15) is 14.4 Å². The van der Waals surface area contributed by atoms with Gasteiger partial charge in [-0.05, 0) is 49.4 Å². The summed E-state index contributed by atoms with van der Waals surface area (Å²) in [6.07, 6.45) is 3.52. The van der Waals surface area contributed by atoms with Gasteiger partial charge in [0.1, 0.15) is 12.1 Å². The summed E-state index contributed by atoms with van der Waals surface area (Å²) < 4.78 is 0.922. The zero-order chi connectivity index (χ0) is 18.2. The molecule has 7 heteroatoms. The number of aryl methyl sites for hydroxylation is 1. The molecule has 4 amide bonds. The van der Waals surface area contributed by atoms with E-state index in [1.54, 1.807) is 6.07 Å². The van der Waals surface area contributed by atoms with Crippen LogP contribution in [0, 0.1) is 12.8 Å². The SMILES string of the molecule is Cc1cc(Br)ccc1NC(=O)CN1C(=O)N[C@@]2(CCCC[C@H]2C)C1=O. The van der Waals surface area contributed by atoms with Gasteiger partial charge in [0.05, 0.1) is 0 Å². The molecule has 1 spiro atoms. The van der Waals surface area contributed by atoms with Crippen molar-refractivity contribution in [3.63, 3.8) is 0 Å². The van der Waals surface area contributed by atoms with Crippen molar-refractivity contribution in [2.75, 3.05) is 11.9 Å². The topological polar surface area (TPSA) is 78.5 Å². The first-order valence-electron chi connectivity index (χ1n) is 8.53. The van der Waals surface area contributed by atoms with Crippen molar-refractivity contribution in [2.24, 2.45) is 5.92 Å². The van der Waals surface area contributed by atoms with Crippen molar-refractivity contribution in [2.45, 2.75) is 45.1 Å². The first kappa shape index (κ1) is 17.9. The molecule has 1 aliphatic heterocycles. The zero-order valence-electron chi connectivity index (χ0n) is 14.4. The maximum absolute atomic E-state index is 12.9. The molecule has 2 N–H and O–H groups in total. The minimum Gasteiger partial charge on any atom is -0.324 e. The van der Waals surface area contributed by atoms with Crippen LogP contribution in [-0.4, -0.2) is 34.8 Å². The molecule has 2 atom stereocenters. The van der Waals surface area contributed by atoms with Crippen molar-refractivity contribution in [3.05, 3.63) is 28.2 Å². The number of hydrogen-bond acceptors (Lipinski definition) is 3. The quantitative estimate of drug-likeness (QED) is 0.755. The molecule has 134 valence electrons. The number of nitrogens with zero attached hydrogens (tertiary/aromatic N) is 1. The molecule has 1 saturated heterocycles. The lowest BCUT2D eigenvalue weighted by Gasteiger charge is -2.36. The first-order chi connectivity index (χ1) is 11.8. The molecule has 1 aliphatic carbocycles. The van der Waals surface area contributed by atoms with Gasteiger partial charge in [-0.25, -0.2) is 4.79 Å². The molecule has 0 unspecified atom stereocenters. The number of benzene rings is 1. The number of rotatable bonds is 3. The number of anilines is 1. The van der Waals surface area contributed by atoms with Crippen LogP contribution in [0.5, 0.6) is 0 Å². The average molecular weight is 408 g/mol. The average Bonchev–Trinajstić information content (AvgIpc) is 2.78. The van der Waals surface area contributed by atoms with Gasteiger partial charge in [0.2, 0.25) is 5.91 Å². The molecule has 1 aromatic carbocycles. The first-order valence-corrected chi connectivity index (χ1v) is 9.33. The second kappa shape index (κ2) is 6.78. The third-order valence-corrected chi connectivity index (χ3v) is 5.76. The molecular formula is C18H22BrN3O3. The van der Waals surface area contributed by atoms with Crippen molar-refractivity contribution in [3.8, 4) is 0 Å². The predicted octanol–water partition coefficient (Wildman–Crippen LogP) is 3.20. The smallest absolute Gasteiger partial charge is 0.324 e. The molecule has 0 bridgehead atoms. The minimum atomic E-state index is -0.830. The van der Waals surface area contributed by atoms with Crippen molar-refractivity contribution >= 4 is 39.5 Å². The molecule has 25 heavy (non-hydrogen) atoms. The predicted molar refractivity (Wildman–Crippen MR) is 98.1 cm³/mol. The Kier molecular flexibility index (Phi) is 4.86. The van der Waals surface area contributed by atoms with Crippen LogP contribution >= 0.6 is 15.9 Å². The van der Waals surface area contributed by atoms with Crippen molar-refractivity contribution in [1.82, 2.24) is 10.2 Å². The highest BCUT2D eigenvalue weighted by Gasteiger charge is 2.55. The van der Waals surface area contributed by atoms with Gasteiger partial charge >= 0.3 is 6.03 Å². The molecular weight excluding hydrogens is 386 g/mol. The Hall–Kier alpha value is -1.89. The Morgan fingerprint density at radius 3 is 2.84 bits per heavy atom. The van der Waals surface area contributed by atoms with Gasteiger partial charge in [0.25, 0.3) is 5.91 Å². The third kappa shape index (κ3) is 3.29. The summed E-state index contributed by atoms with van der Waals surface area (Å²) in [5.41, 5.74) is 0.738. The molecule has 2 aliphatic rings. The molecule has 1 aromatic rings. The number of carbonyl (C=O) groups excluding carboxylic acids is 3. The molecule has 6 nitrogen and oxygen atoms in total. The van der Waals surface area contributed by atoms with Gasteiger partial charge in [-0.2, -0.15) is 0 Å². The minimum absolute atomic E-state index is 0.0829. The summed E-state index contributed by atoms with van der Waals surface area (Å²) in [5.74, 6) is -0.568. The molecule has 2 fully saturated rings. The fraction of sp³-hybridized carbons (Fsp3) is 0.500. The van der Waals surface area contributed by atoms with E-state index in [0.29, 0.717) is 12.1 Å². The van der Waals surface area contributed by atoms with Crippen LogP contribution in [0.3, 0.4) is 0 Å². The number of imide groups is 1. The van der Waals surface area contributed by atoms with Crippen LogP contribution in [-0.2, 0) is 9.59 Å². The van der Waals surface area contributed by atoms with E-state index in [1.807, 2.05) is 26.0 Å². The summed E-state index contributed by atoms with van der Waals surface area (Å²) in [6.45, 7) is 3.60. The number of halogens is 1. The molecule has 0 aromatic heterocycles. The number of urea groups is 1. The third-order valence-electron chi connectivity index (χ3n) is 5.27. The second-order valence-electron chi connectivity index (χ2n) is 6.95. The van der Waals surface area contributed by atoms with Crippen LogP contribution in [0.4, 0.5) is 10.5 Å². The molecule has 1 saturated carbocycles. The summed E-state index contributed by atoms with van der Waals surface area (Å²) in [6, 6.07) is 5.03. The Labute approximate surface area is 155 Å². The zero-order valence-corrected chi connectivity index (χ0v) is 16.0. The van der Waals surface area contributed by atoms with Crippen LogP contribution in [0.25, 0.3) is 0 Å². The van der Waals surface area contributed by atoms with E-state index in [2.05, 4.69) is 26.6 Å². The normalized spacial score (nSPS) is 26.0. The van der Waals surface area contributed by atoms with Crippen molar-refractivity contribution < 1.29 is 14.4 Å². The van der Waals surface area contributed by atoms with Crippen LogP contribution < -0.4 is 10.6 Å². The van der Waals surface area contributed by atoms with Crippen LogP contribution in [0.15, 0.2) is 22.7 Å². The fourth-order valence-electron chi connectivity index (χ4n) is 3.74. The Balaban J connectivity index is 1.71. The standard InChI is InChI=1S/C18H22BrN3O3/c1-11-9-13(19)6-7-14(11)20-15(23)10-22-16(24)18(21-17(22)25)8-4-3-5-12(18)2/h6-7,9,12H,3-5,8,10H2,1-2H3,(H,20,23)(H,21,25)/t12-,18-/m1/s1. The maximum Gasteiger partial charge on any atom is 0.325 e. The fourth-order valence-corrected chi connectivity index (χ4v) is 4.22. The Morgan fingerprint density at radius 2 is 2.16 bits per heavy atom. The van der Waals surface area contributed by atoms with Gasteiger partial charge in [-0.15, -0.1) is 0 Å². The summed E-state index contributed by atoms with van der Waals surface area (Å²) in [5, 5.41) is 5.63. The number of amides is 4. The van der Waals surface area contributed by atoms with Gasteiger partial charge in [0, 0.05) is 10.2 Å². The molecule has 3 rings (SSSR count). The lowest BCUT2D eigenvalue weighted by Crippen LogP contribution is -2.54. The van der Waals surface area contributed by atoms with E-state index >= 15 is 0 Å². The van der Waals surface area contributed by atoms with E-state index < -0.39 is 11.6 Å². The van der Waals surface area contributed by atoms with E-state index in [4.69, 9.17) is 0 Å². The largest absolute Gasteiger partial charge is 0.325 e. The van der Waals surface area contributed by atoms with E-state index in [1.165, 1.54) is 0 Å². The Bertz CT molecular complexity index is 736. The maximum atomic E-state index is 12.9. The summed E-state index contributed by atoms with van der Waals surface area (Å²) >= 11 is 3.38. The number of carbonyl (C=O) groups is 3. The van der Waals surface area contributed by atoms with Crippen LogP contribution in [0.2, 0.25) is 0 Å². The van der Waals surface area contributed by atoms with Crippen LogP contribution in [0.1, 0.15) is 38.2 Å². The molecule has 1 heterocycles. The van der Waals surface area contributed by atoms with E-state index in [0.717, 1.165) is 34.2 Å². The highest BCUT2D eigenvalue weighted by Crippen LogP contribution is 2.38. The lowest BCUT2D eigenvalue weighted by atomic mass is 9.73. The van der Waals surface area contributed by atoms with Gasteiger partial charge in [-0.3, -0.25) is 14.5 Å². The highest BCUT2D eigenvalue weighted by atomic mass is 79.9. The monoisotopic (exact) mass is 407 g/mol. The number of hydrogen-bond donors (Lipinski definition) is 2. The second-order valence-corrected chi connectivity index (χ2v) is 7.86. The van der Waals surface area contributed by atoms with Gasteiger partial charge < -0.3 is 10.6 Å². The molecule has 0 radical (unpaired) electrons. The highest BCUT2D eigenvalue weighted by molar-refractivity contribution is 9.10. The van der Waals surface area contributed by atoms with Crippen molar-refractivity contribution in [1.29, 1.82) is 0 Å². The van der Waals surface area contributed by atoms with E-state index in [-0.39, 0.29) is 24.3 Å².